The molecule has 0 unspecified atom stereocenters. The van der Waals surface area contributed by atoms with E-state index in [4.69, 9.17) is 0 Å². The molecule has 0 radical (unpaired) electrons. The molecule has 0 aliphatic rings. The summed E-state index contributed by atoms with van der Waals surface area (Å²) in [6, 6.07) is 0. The van der Waals surface area contributed by atoms with E-state index < -0.39 is 64.6 Å². The van der Waals surface area contributed by atoms with Gasteiger partial charge in [0.1, 0.15) is 19.8 Å². The van der Waals surface area contributed by atoms with Crippen LogP contribution in [-0.4, -0.2) is 172 Å². The number of rotatable bonds is 18. The zero-order chi connectivity index (χ0) is 23.4. The topological polar surface area (TPSA) is 319 Å². The van der Waals surface area contributed by atoms with E-state index in [0.717, 1.165) is 0 Å². The Morgan fingerprint density at radius 3 is 1.18 bits per heavy atom. The van der Waals surface area contributed by atoms with Crippen LogP contribution in [0.5, 0.6) is 0 Å². The Kier molecular flexibility index (Phi) is 44.4. The second-order valence-electron chi connectivity index (χ2n) is 4.04. The van der Waals surface area contributed by atoms with Gasteiger partial charge in [0.25, 0.3) is 15.3 Å². The van der Waals surface area contributed by atoms with Crippen molar-refractivity contribution < 1.29 is 68.3 Å². The molecule has 28 heteroatoms. The molecule has 4 N–H and O–H groups in total. The molecule has 188 valence electrons. The van der Waals surface area contributed by atoms with Crippen LogP contribution in [0.4, 0.5) is 0 Å². The van der Waals surface area contributed by atoms with E-state index in [2.05, 4.69) is 25.6 Å². The van der Waals surface area contributed by atoms with Gasteiger partial charge in [0.2, 0.25) is 0 Å². The molecule has 0 fully saturated rings. The van der Waals surface area contributed by atoms with Crippen molar-refractivity contribution in [1.82, 2.24) is 4.90 Å². The maximum atomic E-state index is 10.3. The van der Waals surface area contributed by atoms with Crippen molar-refractivity contribution in [2.75, 3.05) is 39.5 Å². The zero-order valence-corrected chi connectivity index (χ0v) is 20.0. The summed E-state index contributed by atoms with van der Waals surface area (Å²) in [5.74, 6) is 0. The van der Waals surface area contributed by atoms with Crippen molar-refractivity contribution in [2.24, 2.45) is 0 Å². The van der Waals surface area contributed by atoms with Gasteiger partial charge in [-0.3, -0.25) is 4.90 Å². The molecule has 0 spiro atoms. The third-order valence-corrected chi connectivity index (χ3v) is 5.91. The fourth-order valence-corrected chi connectivity index (χ4v) is 3.69. The van der Waals surface area contributed by atoms with E-state index in [1.807, 2.05) is 0 Å². The maximum absolute atomic E-state index is 10.3. The average Bonchev–Trinajstić information content (AvgIpc) is 2.61. The Morgan fingerprint density at radius 2 is 0.971 bits per heavy atom. The first-order valence-electron chi connectivity index (χ1n) is 7.13. The molecule has 0 rings (SSSR count). The summed E-state index contributed by atoms with van der Waals surface area (Å²) in [5.41, 5.74) is 0. The standard InChI is InChI=1S/C6H12N4O9.2Al.Mg.Na.O5Si2.2H2O.2O.3H/c11-8(12)17-4-1-7(2-5-18-9(13)14)3-6-19-10(15)16;;;;;1-6(2)5-7(3)4;;;;;;;/h1-6H2;;;;;;2*1H2;;;;;/q;2*+1;;;-2;;;;;;;. The predicted molar refractivity (Wildman–Crippen MR) is 107 cm³/mol. The van der Waals surface area contributed by atoms with Crippen molar-refractivity contribution in [2.45, 2.75) is 0 Å². The van der Waals surface area contributed by atoms with Crippen LogP contribution < -0.4 is 0 Å². The zero-order valence-electron chi connectivity index (χ0n) is 15.7. The van der Waals surface area contributed by atoms with E-state index in [0.29, 0.717) is 0 Å². The summed E-state index contributed by atoms with van der Waals surface area (Å²) in [5, 5.41) is 26.8. The van der Waals surface area contributed by atoms with Crippen LogP contribution in [-0.2, 0) is 42.1 Å². The molecule has 0 atom stereocenters. The van der Waals surface area contributed by atoms with E-state index in [1.165, 1.54) is 4.90 Å². The summed E-state index contributed by atoms with van der Waals surface area (Å²) in [7, 11) is -6.01. The molecule has 34 heavy (non-hydrogen) atoms. The first kappa shape index (κ1) is 46.7. The van der Waals surface area contributed by atoms with Gasteiger partial charge in [0.15, 0.2) is 0 Å². The van der Waals surface area contributed by atoms with E-state index in [1.54, 1.807) is 0 Å². The number of hydrogen-bond donors (Lipinski definition) is 0. The normalized spacial score (nSPS) is 7.79. The van der Waals surface area contributed by atoms with Gasteiger partial charge in [-0.05, 0) is 0 Å². The molecule has 0 heterocycles. The first-order chi connectivity index (χ1) is 14.1. The van der Waals surface area contributed by atoms with Crippen molar-refractivity contribution in [1.29, 1.82) is 0 Å². The van der Waals surface area contributed by atoms with Gasteiger partial charge < -0.3 is 25.5 Å². The number of nitrogens with zero attached hydrogens (tertiary/aromatic N) is 4. The van der Waals surface area contributed by atoms with E-state index >= 15 is 0 Å². The molecular formula is C6H19Al2MgN4NaO18Si2. The van der Waals surface area contributed by atoms with Crippen LogP contribution >= 0.6 is 0 Å². The summed E-state index contributed by atoms with van der Waals surface area (Å²) < 4.78 is 52.0. The summed E-state index contributed by atoms with van der Waals surface area (Å²) in [4.78, 5) is 43.4. The summed E-state index contributed by atoms with van der Waals surface area (Å²) in [6.45, 7) is -0.687. The summed E-state index contributed by atoms with van der Waals surface area (Å²) >= 11 is -3.33. The molecule has 0 aromatic rings. The van der Waals surface area contributed by atoms with Gasteiger partial charge in [-0.25, -0.2) is 0 Å². The monoisotopic (exact) mass is 592 g/mol. The van der Waals surface area contributed by atoms with Gasteiger partial charge in [-0.15, -0.1) is 30.3 Å². The van der Waals surface area contributed by atoms with Crippen LogP contribution in [0.2, 0.25) is 0 Å². The molecule has 22 nitrogen and oxygen atoms in total. The molecule has 0 aliphatic carbocycles. The second-order valence-corrected chi connectivity index (χ2v) is 8.13. The van der Waals surface area contributed by atoms with E-state index in [-0.39, 0.29) is 103 Å². The Hall–Kier alpha value is -0.655. The first-order valence-corrected chi connectivity index (χ1v) is 11.5. The third kappa shape index (κ3) is 38.6. The van der Waals surface area contributed by atoms with Gasteiger partial charge in [0, 0.05) is 19.6 Å². The Bertz CT molecular complexity index is 557. The van der Waals surface area contributed by atoms with Gasteiger partial charge in [-0.1, -0.05) is 0 Å². The second kappa shape index (κ2) is 32.3. The van der Waals surface area contributed by atoms with Crippen molar-refractivity contribution >= 4 is 102 Å². The van der Waals surface area contributed by atoms with Crippen molar-refractivity contribution in [3.8, 4) is 0 Å². The van der Waals surface area contributed by atoms with Crippen LogP contribution in [0.3, 0.4) is 0 Å². The molecule has 0 aliphatic heterocycles. The molecule has 0 aromatic carbocycles. The minimum absolute atomic E-state index is 0. The minimum atomic E-state index is -3.00. The molecule has 0 aromatic heterocycles. The SMILES string of the molecule is O.O.O=[N+]([O-])OCCN(CCO[N+](=O)[O-])CCO[N+](=O)[O-].[MgH2].[NaH].[O]=[Al][O][Si](=O)O[Si](=O)[O][Al]=[O]. The third-order valence-electron chi connectivity index (χ3n) is 2.27. The molecule has 0 saturated carbocycles. The fourth-order valence-electron chi connectivity index (χ4n) is 1.26. The Balaban J connectivity index is -0.000000114. The van der Waals surface area contributed by atoms with Crippen LogP contribution in [0.1, 0.15) is 0 Å². The summed E-state index contributed by atoms with van der Waals surface area (Å²) in [6.07, 6.45) is 0. The molecule has 0 saturated heterocycles. The molecule has 0 amide bonds. The predicted octanol–water partition coefficient (Wildman–Crippen LogP) is -6.50. The average molecular weight is 593 g/mol. The van der Waals surface area contributed by atoms with Crippen molar-refractivity contribution in [3.05, 3.63) is 30.3 Å². The van der Waals surface area contributed by atoms with Gasteiger partial charge >= 0.3 is 130 Å². The Labute approximate surface area is 243 Å². The fraction of sp³-hybridized carbons (Fsp3) is 1.00. The Morgan fingerprint density at radius 1 is 0.706 bits per heavy atom. The van der Waals surface area contributed by atoms with Crippen LogP contribution in [0, 0.1) is 30.3 Å². The molecular weight excluding hydrogens is 574 g/mol. The van der Waals surface area contributed by atoms with Crippen molar-refractivity contribution in [3.63, 3.8) is 0 Å². The van der Waals surface area contributed by atoms with E-state index in [9.17, 15) is 46.9 Å². The van der Waals surface area contributed by atoms with Gasteiger partial charge in [0.05, 0.1) is 0 Å². The number of hydrogen-bond acceptors (Lipinski definition) is 17. The van der Waals surface area contributed by atoms with Crippen LogP contribution in [0.25, 0.3) is 0 Å². The quantitative estimate of drug-likeness (QED) is 0.0810. The van der Waals surface area contributed by atoms with Gasteiger partial charge in [-0.2, -0.15) is 0 Å². The van der Waals surface area contributed by atoms with Crippen LogP contribution in [0.15, 0.2) is 0 Å². The molecule has 0 bridgehead atoms.